The zero-order valence-corrected chi connectivity index (χ0v) is 23.6. The molecule has 0 saturated carbocycles. The normalized spacial score (nSPS) is 13.9. The lowest BCUT2D eigenvalue weighted by Crippen LogP contribution is -2.43. The van der Waals surface area contributed by atoms with Crippen molar-refractivity contribution >= 4 is 17.8 Å². The van der Waals surface area contributed by atoms with Gasteiger partial charge in [-0.3, -0.25) is 9.59 Å². The molecule has 1 heterocycles. The molecule has 1 aromatic heterocycles. The van der Waals surface area contributed by atoms with Gasteiger partial charge >= 0.3 is 11.9 Å². The van der Waals surface area contributed by atoms with Crippen LogP contribution >= 0.6 is 0 Å². The lowest BCUT2D eigenvalue weighted by Gasteiger charge is -2.32. The number of carbonyl (C=O) groups excluding carboxylic acids is 3. The average Bonchev–Trinajstić information content (AvgIpc) is 2.92. The van der Waals surface area contributed by atoms with E-state index in [4.69, 9.17) is 23.7 Å². The molecule has 1 aromatic carbocycles. The van der Waals surface area contributed by atoms with Gasteiger partial charge in [0.15, 0.2) is 17.2 Å². The van der Waals surface area contributed by atoms with E-state index in [9.17, 15) is 14.4 Å². The fraction of sp³-hybridized carbons (Fsp3) is 0.517. The molecule has 0 aliphatic heterocycles. The van der Waals surface area contributed by atoms with E-state index in [2.05, 4.69) is 24.1 Å². The summed E-state index contributed by atoms with van der Waals surface area (Å²) in [5.74, 6) is -1.71. The Morgan fingerprint density at radius 2 is 1.77 bits per heavy atom. The highest BCUT2D eigenvalue weighted by Gasteiger charge is 2.31. The summed E-state index contributed by atoms with van der Waals surface area (Å²) in [7, 11) is 1.40. The number of amides is 1. The van der Waals surface area contributed by atoms with Gasteiger partial charge in [0.05, 0.1) is 13.2 Å². The number of esters is 2. The van der Waals surface area contributed by atoms with Gasteiger partial charge in [-0.2, -0.15) is 0 Å². The molecule has 0 aliphatic rings. The molecule has 0 aliphatic carbocycles. The summed E-state index contributed by atoms with van der Waals surface area (Å²) >= 11 is 0. The van der Waals surface area contributed by atoms with Gasteiger partial charge in [0.1, 0.15) is 12.1 Å². The van der Waals surface area contributed by atoms with E-state index in [-0.39, 0.29) is 29.2 Å². The Kier molecular flexibility index (Phi) is 13.2. The molecule has 0 bridgehead atoms. The molecule has 1 N–H and O–H groups in total. The highest BCUT2D eigenvalue weighted by Crippen LogP contribution is 2.30. The van der Waals surface area contributed by atoms with Gasteiger partial charge in [-0.15, -0.1) is 0 Å². The molecular formula is C29H40N2O8. The molecule has 0 unspecified atom stereocenters. The van der Waals surface area contributed by atoms with Crippen molar-refractivity contribution in [3.63, 3.8) is 0 Å². The van der Waals surface area contributed by atoms with Crippen LogP contribution in [0.3, 0.4) is 0 Å². The topological polar surface area (TPSA) is 122 Å². The second-order valence-corrected chi connectivity index (χ2v) is 9.10. The minimum absolute atomic E-state index is 0.0190. The fourth-order valence-electron chi connectivity index (χ4n) is 4.06. The Bertz CT molecular complexity index is 1060. The number of benzene rings is 1. The van der Waals surface area contributed by atoms with Crippen molar-refractivity contribution < 1.29 is 38.1 Å². The summed E-state index contributed by atoms with van der Waals surface area (Å²) in [5, 5.41) is 2.61. The van der Waals surface area contributed by atoms with E-state index >= 15 is 0 Å². The Morgan fingerprint density at radius 1 is 1.05 bits per heavy atom. The second kappa shape index (κ2) is 16.3. The molecule has 0 spiro atoms. The summed E-state index contributed by atoms with van der Waals surface area (Å²) in [6.07, 6.45) is 3.12. The van der Waals surface area contributed by atoms with Crippen molar-refractivity contribution in [3.8, 4) is 11.5 Å². The van der Waals surface area contributed by atoms with Crippen molar-refractivity contribution in [2.24, 2.45) is 5.92 Å². The number of pyridine rings is 1. The molecule has 214 valence electrons. The van der Waals surface area contributed by atoms with Crippen LogP contribution in [0.5, 0.6) is 11.5 Å². The summed E-state index contributed by atoms with van der Waals surface area (Å²) in [6, 6.07) is 10.5. The van der Waals surface area contributed by atoms with Crippen LogP contribution < -0.4 is 14.8 Å². The summed E-state index contributed by atoms with van der Waals surface area (Å²) in [4.78, 5) is 41.2. The van der Waals surface area contributed by atoms with Crippen molar-refractivity contribution in [3.05, 3.63) is 53.9 Å². The van der Waals surface area contributed by atoms with Crippen LogP contribution in [0.25, 0.3) is 0 Å². The molecule has 0 saturated heterocycles. The number of rotatable bonds is 16. The first-order valence-electron chi connectivity index (χ1n) is 13.2. The molecular weight excluding hydrogens is 504 g/mol. The molecule has 2 aromatic rings. The maximum absolute atomic E-state index is 13.0. The van der Waals surface area contributed by atoms with Crippen LogP contribution in [0.2, 0.25) is 0 Å². The van der Waals surface area contributed by atoms with Gasteiger partial charge in [0, 0.05) is 31.7 Å². The predicted octanol–water partition coefficient (Wildman–Crippen LogP) is 4.10. The summed E-state index contributed by atoms with van der Waals surface area (Å²) < 4.78 is 27.4. The molecule has 4 atom stereocenters. The van der Waals surface area contributed by atoms with Crippen LogP contribution in [-0.4, -0.2) is 61.6 Å². The number of methoxy groups -OCH3 is 1. The molecule has 10 heteroatoms. The Morgan fingerprint density at radius 3 is 2.38 bits per heavy atom. The highest BCUT2D eigenvalue weighted by atomic mass is 16.7. The van der Waals surface area contributed by atoms with E-state index in [1.165, 1.54) is 33.2 Å². The first-order valence-corrected chi connectivity index (χ1v) is 13.2. The lowest BCUT2D eigenvalue weighted by molar-refractivity contribution is -0.156. The molecule has 1 amide bonds. The average molecular weight is 545 g/mol. The van der Waals surface area contributed by atoms with Crippen LogP contribution in [0, 0.1) is 5.92 Å². The summed E-state index contributed by atoms with van der Waals surface area (Å²) in [6.45, 7) is 8.90. The second-order valence-electron chi connectivity index (χ2n) is 9.10. The van der Waals surface area contributed by atoms with E-state index in [0.717, 1.165) is 18.4 Å². The van der Waals surface area contributed by atoms with Gasteiger partial charge in [0.25, 0.3) is 5.91 Å². The Hall–Kier alpha value is -3.66. The van der Waals surface area contributed by atoms with Crippen molar-refractivity contribution in [1.29, 1.82) is 0 Å². The number of nitrogens with zero attached hydrogens (tertiary/aromatic N) is 1. The van der Waals surface area contributed by atoms with E-state index in [0.29, 0.717) is 13.0 Å². The van der Waals surface area contributed by atoms with Crippen molar-refractivity contribution in [2.75, 3.05) is 20.5 Å². The minimum Gasteiger partial charge on any atom is -0.493 e. The van der Waals surface area contributed by atoms with Crippen LogP contribution in [0.15, 0.2) is 42.6 Å². The fourth-order valence-corrected chi connectivity index (χ4v) is 4.06. The first kappa shape index (κ1) is 31.6. The molecule has 0 fully saturated rings. The lowest BCUT2D eigenvalue weighted by atomic mass is 9.88. The number of nitrogens with one attached hydrogen (secondary N) is 1. The quantitative estimate of drug-likeness (QED) is 0.246. The van der Waals surface area contributed by atoms with E-state index in [1.54, 1.807) is 0 Å². The SMILES string of the molecule is CCCO[C@@H](CC)[C@@H](Cc1ccccc1)[C@H](C)OC(=O)[C@@H](C)NC(=O)c1nccc(OC)c1OCOC(C)=O. The van der Waals surface area contributed by atoms with Crippen molar-refractivity contribution in [2.45, 2.75) is 72.1 Å². The number of hydrogen-bond donors (Lipinski definition) is 1. The van der Waals surface area contributed by atoms with Crippen molar-refractivity contribution in [1.82, 2.24) is 10.3 Å². The third-order valence-electron chi connectivity index (χ3n) is 6.11. The van der Waals surface area contributed by atoms with Gasteiger partial charge in [-0.1, -0.05) is 44.2 Å². The third kappa shape index (κ3) is 9.86. The van der Waals surface area contributed by atoms with E-state index < -0.39 is 36.8 Å². The molecule has 2 rings (SSSR count). The Balaban J connectivity index is 2.13. The number of ether oxygens (including phenoxy) is 5. The van der Waals surface area contributed by atoms with Crippen LogP contribution in [0.1, 0.15) is 63.5 Å². The van der Waals surface area contributed by atoms with Crippen LogP contribution in [-0.2, 0) is 30.2 Å². The highest BCUT2D eigenvalue weighted by molar-refractivity contribution is 5.98. The summed E-state index contributed by atoms with van der Waals surface area (Å²) in [5.41, 5.74) is 0.992. The number of aromatic nitrogens is 1. The van der Waals surface area contributed by atoms with Gasteiger partial charge in [0.2, 0.25) is 6.79 Å². The maximum Gasteiger partial charge on any atom is 0.328 e. The molecule has 0 radical (unpaired) electrons. The van der Waals surface area contributed by atoms with Crippen LogP contribution in [0.4, 0.5) is 0 Å². The monoisotopic (exact) mass is 544 g/mol. The smallest absolute Gasteiger partial charge is 0.328 e. The van der Waals surface area contributed by atoms with Gasteiger partial charge in [-0.25, -0.2) is 9.78 Å². The number of hydrogen-bond acceptors (Lipinski definition) is 9. The van der Waals surface area contributed by atoms with Gasteiger partial charge in [-0.05, 0) is 38.7 Å². The third-order valence-corrected chi connectivity index (χ3v) is 6.11. The minimum atomic E-state index is -0.983. The largest absolute Gasteiger partial charge is 0.493 e. The zero-order valence-electron chi connectivity index (χ0n) is 23.6. The molecule has 39 heavy (non-hydrogen) atoms. The Labute approximate surface area is 230 Å². The standard InChI is InChI=1S/C29H40N2O8/c1-7-16-36-24(8-2)23(17-22-12-10-9-11-13-22)20(4)39-29(34)19(3)31-28(33)26-27(38-18-37-21(5)32)25(35-6)14-15-30-26/h9-15,19-20,23-24H,7-8,16-18H2,1-6H3,(H,31,33)/t19-,20+,23+,24+/m1/s1. The van der Waals surface area contributed by atoms with Gasteiger partial charge < -0.3 is 29.0 Å². The predicted molar refractivity (Wildman–Crippen MR) is 144 cm³/mol. The van der Waals surface area contributed by atoms with E-state index in [1.807, 2.05) is 37.3 Å². The maximum atomic E-state index is 13.0. The molecule has 10 nitrogen and oxygen atoms in total. The zero-order chi connectivity index (χ0) is 28.8. The number of carbonyl (C=O) groups is 3. The first-order chi connectivity index (χ1) is 18.7.